The summed E-state index contributed by atoms with van der Waals surface area (Å²) in [6, 6.07) is 1.34. The molecule has 1 saturated heterocycles. The van der Waals surface area contributed by atoms with E-state index in [1.807, 2.05) is 0 Å². The number of nitrogens with zero attached hydrogens (tertiary/aromatic N) is 2. The summed E-state index contributed by atoms with van der Waals surface area (Å²) in [5.41, 5.74) is -0.00411. The Hall–Kier alpha value is -0.160. The van der Waals surface area contributed by atoms with E-state index in [1.165, 1.54) is 32.6 Å². The third kappa shape index (κ3) is 3.73. The number of aliphatic hydroxyl groups excluding tert-OH is 1. The van der Waals surface area contributed by atoms with Gasteiger partial charge in [0.15, 0.2) is 0 Å². The second kappa shape index (κ2) is 7.21. The summed E-state index contributed by atoms with van der Waals surface area (Å²) >= 11 is 0. The van der Waals surface area contributed by atoms with E-state index in [0.29, 0.717) is 12.1 Å². The Balaban J connectivity index is 1.83. The first kappa shape index (κ1) is 16.2. The number of aliphatic hydroxyl groups is 1. The van der Waals surface area contributed by atoms with Crippen LogP contribution < -0.4 is 5.32 Å². The standard InChI is InChI=1S/C16H33N3O/c1-4-7-17-16(13-20)6-5-15(12-16)19-10-8-18(9-11-19)14(2)3/h14-15,17,20H,4-13H2,1-3H3. The Morgan fingerprint density at radius 3 is 2.50 bits per heavy atom. The molecule has 1 aliphatic carbocycles. The van der Waals surface area contributed by atoms with Crippen molar-refractivity contribution < 1.29 is 5.11 Å². The van der Waals surface area contributed by atoms with Crippen LogP contribution >= 0.6 is 0 Å². The molecule has 2 N–H and O–H groups in total. The van der Waals surface area contributed by atoms with Gasteiger partial charge < -0.3 is 10.4 Å². The van der Waals surface area contributed by atoms with Crippen LogP contribution in [-0.2, 0) is 0 Å². The van der Waals surface area contributed by atoms with Crippen molar-refractivity contribution in [2.24, 2.45) is 0 Å². The van der Waals surface area contributed by atoms with Crippen LogP contribution in [0.15, 0.2) is 0 Å². The molecule has 0 aromatic carbocycles. The molecular formula is C16H33N3O. The van der Waals surface area contributed by atoms with Crippen molar-refractivity contribution in [3.63, 3.8) is 0 Å². The van der Waals surface area contributed by atoms with Gasteiger partial charge in [-0.25, -0.2) is 0 Å². The largest absolute Gasteiger partial charge is 0.394 e. The Morgan fingerprint density at radius 2 is 1.95 bits per heavy atom. The Morgan fingerprint density at radius 1 is 1.25 bits per heavy atom. The summed E-state index contributed by atoms with van der Waals surface area (Å²) in [4.78, 5) is 5.23. The molecule has 0 spiro atoms. The maximum absolute atomic E-state index is 9.78. The van der Waals surface area contributed by atoms with E-state index >= 15 is 0 Å². The van der Waals surface area contributed by atoms with Gasteiger partial charge in [-0.1, -0.05) is 6.92 Å². The zero-order chi connectivity index (χ0) is 14.6. The van der Waals surface area contributed by atoms with E-state index in [2.05, 4.69) is 35.9 Å². The van der Waals surface area contributed by atoms with E-state index in [1.54, 1.807) is 0 Å². The van der Waals surface area contributed by atoms with Gasteiger partial charge in [-0.15, -0.1) is 0 Å². The minimum atomic E-state index is -0.00411. The van der Waals surface area contributed by atoms with Crippen LogP contribution in [0.4, 0.5) is 0 Å². The Kier molecular flexibility index (Phi) is 5.84. The molecule has 0 radical (unpaired) electrons. The van der Waals surface area contributed by atoms with Crippen LogP contribution in [0.25, 0.3) is 0 Å². The molecular weight excluding hydrogens is 250 g/mol. The lowest BCUT2D eigenvalue weighted by molar-refractivity contribution is 0.0731. The van der Waals surface area contributed by atoms with Gasteiger partial charge in [-0.05, 0) is 46.1 Å². The zero-order valence-electron chi connectivity index (χ0n) is 13.6. The monoisotopic (exact) mass is 283 g/mol. The Bertz CT molecular complexity index is 289. The first-order valence-electron chi connectivity index (χ1n) is 8.44. The van der Waals surface area contributed by atoms with Gasteiger partial charge >= 0.3 is 0 Å². The second-order valence-electron chi connectivity index (χ2n) is 6.93. The highest BCUT2D eigenvalue weighted by Crippen LogP contribution is 2.33. The number of piperazine rings is 1. The van der Waals surface area contributed by atoms with Crippen LogP contribution in [0.3, 0.4) is 0 Å². The topological polar surface area (TPSA) is 38.7 Å². The van der Waals surface area contributed by atoms with Gasteiger partial charge in [-0.2, -0.15) is 0 Å². The molecule has 20 heavy (non-hydrogen) atoms. The van der Waals surface area contributed by atoms with Crippen molar-refractivity contribution in [3.05, 3.63) is 0 Å². The summed E-state index contributed by atoms with van der Waals surface area (Å²) in [5, 5.41) is 13.4. The summed E-state index contributed by atoms with van der Waals surface area (Å²) in [7, 11) is 0. The first-order valence-corrected chi connectivity index (χ1v) is 8.44. The van der Waals surface area contributed by atoms with Gasteiger partial charge in [-0.3, -0.25) is 9.80 Å². The fourth-order valence-electron chi connectivity index (χ4n) is 3.78. The predicted octanol–water partition coefficient (Wildman–Crippen LogP) is 1.30. The molecule has 2 aliphatic rings. The molecule has 1 aliphatic heterocycles. The molecule has 4 heteroatoms. The average molecular weight is 283 g/mol. The quantitative estimate of drug-likeness (QED) is 0.771. The number of hydrogen-bond acceptors (Lipinski definition) is 4. The van der Waals surface area contributed by atoms with Crippen LogP contribution in [0.1, 0.15) is 46.5 Å². The Labute approximate surface area is 124 Å². The minimum absolute atomic E-state index is 0.00411. The van der Waals surface area contributed by atoms with Crippen LogP contribution in [0, 0.1) is 0 Å². The molecule has 0 bridgehead atoms. The van der Waals surface area contributed by atoms with Crippen LogP contribution in [-0.4, -0.2) is 71.9 Å². The van der Waals surface area contributed by atoms with E-state index in [0.717, 1.165) is 25.8 Å². The maximum atomic E-state index is 9.78. The highest BCUT2D eigenvalue weighted by atomic mass is 16.3. The second-order valence-corrected chi connectivity index (χ2v) is 6.93. The lowest BCUT2D eigenvalue weighted by Crippen LogP contribution is -2.53. The van der Waals surface area contributed by atoms with Gasteiger partial charge in [0.25, 0.3) is 0 Å². The highest BCUT2D eigenvalue weighted by Gasteiger charge is 2.40. The van der Waals surface area contributed by atoms with Gasteiger partial charge in [0.1, 0.15) is 0 Å². The maximum Gasteiger partial charge on any atom is 0.0613 e. The van der Waals surface area contributed by atoms with Gasteiger partial charge in [0.05, 0.1) is 6.61 Å². The van der Waals surface area contributed by atoms with Gasteiger partial charge in [0, 0.05) is 43.8 Å². The van der Waals surface area contributed by atoms with Crippen molar-refractivity contribution in [3.8, 4) is 0 Å². The minimum Gasteiger partial charge on any atom is -0.394 e. The van der Waals surface area contributed by atoms with E-state index in [4.69, 9.17) is 0 Å². The van der Waals surface area contributed by atoms with Crippen molar-refractivity contribution in [2.45, 2.75) is 64.1 Å². The van der Waals surface area contributed by atoms with E-state index < -0.39 is 0 Å². The zero-order valence-corrected chi connectivity index (χ0v) is 13.6. The normalized spacial score (nSPS) is 33.1. The third-order valence-corrected chi connectivity index (χ3v) is 5.23. The fraction of sp³-hybridized carbons (Fsp3) is 1.00. The van der Waals surface area contributed by atoms with Crippen molar-refractivity contribution in [1.82, 2.24) is 15.1 Å². The van der Waals surface area contributed by atoms with E-state index in [9.17, 15) is 5.11 Å². The predicted molar refractivity (Wildman–Crippen MR) is 84.0 cm³/mol. The van der Waals surface area contributed by atoms with Crippen LogP contribution in [0.5, 0.6) is 0 Å². The van der Waals surface area contributed by atoms with Crippen molar-refractivity contribution >= 4 is 0 Å². The smallest absolute Gasteiger partial charge is 0.0613 e. The molecule has 0 aromatic heterocycles. The molecule has 1 saturated carbocycles. The summed E-state index contributed by atoms with van der Waals surface area (Å²) in [6.07, 6.45) is 4.61. The molecule has 118 valence electrons. The van der Waals surface area contributed by atoms with Gasteiger partial charge in [0.2, 0.25) is 0 Å². The van der Waals surface area contributed by atoms with Crippen molar-refractivity contribution in [1.29, 1.82) is 0 Å². The molecule has 2 fully saturated rings. The average Bonchev–Trinajstić information content (AvgIpc) is 2.90. The SMILES string of the molecule is CCCNC1(CO)CCC(N2CCN(C(C)C)CC2)C1. The number of hydrogen-bond donors (Lipinski definition) is 2. The molecule has 1 heterocycles. The highest BCUT2D eigenvalue weighted by molar-refractivity contribution is 5.00. The summed E-state index contributed by atoms with van der Waals surface area (Å²) in [6.45, 7) is 12.9. The summed E-state index contributed by atoms with van der Waals surface area (Å²) in [5.74, 6) is 0. The molecule has 2 atom stereocenters. The molecule has 4 nitrogen and oxygen atoms in total. The first-order chi connectivity index (χ1) is 9.60. The molecule has 0 amide bonds. The lowest BCUT2D eigenvalue weighted by Gasteiger charge is -2.40. The van der Waals surface area contributed by atoms with E-state index in [-0.39, 0.29) is 12.1 Å². The summed E-state index contributed by atoms with van der Waals surface area (Å²) < 4.78 is 0. The lowest BCUT2D eigenvalue weighted by atomic mass is 9.98. The number of nitrogens with one attached hydrogen (secondary N) is 1. The van der Waals surface area contributed by atoms with Crippen LogP contribution in [0.2, 0.25) is 0 Å². The number of rotatable bonds is 6. The molecule has 0 aromatic rings. The third-order valence-electron chi connectivity index (χ3n) is 5.23. The molecule has 2 rings (SSSR count). The molecule has 2 unspecified atom stereocenters. The van der Waals surface area contributed by atoms with Crippen molar-refractivity contribution in [2.75, 3.05) is 39.3 Å². The fourth-order valence-corrected chi connectivity index (χ4v) is 3.78.